The van der Waals surface area contributed by atoms with Crippen LogP contribution in [-0.4, -0.2) is 24.7 Å². The fourth-order valence-electron chi connectivity index (χ4n) is 1.49. The Kier molecular flexibility index (Phi) is 6.53. The molecule has 0 fully saturated rings. The molecule has 1 aromatic rings. The summed E-state index contributed by atoms with van der Waals surface area (Å²) in [5.74, 6) is -6.64. The third-order valence-electron chi connectivity index (χ3n) is 2.61. The summed E-state index contributed by atoms with van der Waals surface area (Å²) >= 11 is 1.66. The largest absolute Gasteiger partial charge is 0.463 e. The molecular formula is C14H10F5IN2O2. The average Bonchev–Trinajstić information content (AvgIpc) is 2.47. The van der Waals surface area contributed by atoms with E-state index in [-0.39, 0.29) is 27.5 Å². The van der Waals surface area contributed by atoms with Crippen molar-refractivity contribution < 1.29 is 31.5 Å². The summed E-state index contributed by atoms with van der Waals surface area (Å²) in [5, 5.41) is 10.6. The van der Waals surface area contributed by atoms with Crippen LogP contribution in [0.5, 0.6) is 0 Å². The first-order chi connectivity index (χ1) is 11.0. The van der Waals surface area contributed by atoms with E-state index in [2.05, 4.69) is 4.74 Å². The smallest absolute Gasteiger partial charge is 0.459 e. The molecule has 0 atom stereocenters. The summed E-state index contributed by atoms with van der Waals surface area (Å²) in [4.78, 5) is 11.3. The van der Waals surface area contributed by atoms with Crippen molar-refractivity contribution in [1.29, 1.82) is 5.26 Å². The molecule has 0 radical (unpaired) electrons. The molecule has 10 heteroatoms. The van der Waals surface area contributed by atoms with Crippen LogP contribution in [0.2, 0.25) is 0 Å². The number of esters is 1. The monoisotopic (exact) mass is 460 g/mol. The molecule has 1 N–H and O–H groups in total. The Balaban J connectivity index is 3.30. The van der Waals surface area contributed by atoms with Gasteiger partial charge in [0.1, 0.15) is 5.70 Å². The van der Waals surface area contributed by atoms with E-state index in [4.69, 9.17) is 5.26 Å². The number of hydrogen-bond donors (Lipinski definition) is 1. The second-order valence-corrected chi connectivity index (χ2v) is 5.48. The first-order valence-corrected chi connectivity index (χ1v) is 7.41. The Hall–Kier alpha value is -1.90. The molecule has 0 amide bonds. The van der Waals surface area contributed by atoms with Gasteiger partial charge in [0, 0.05) is 9.65 Å². The van der Waals surface area contributed by atoms with Crippen LogP contribution in [-0.2, 0) is 9.53 Å². The van der Waals surface area contributed by atoms with Gasteiger partial charge in [-0.1, -0.05) is 0 Å². The van der Waals surface area contributed by atoms with Crippen molar-refractivity contribution in [2.75, 3.05) is 11.9 Å². The molecule has 0 saturated heterocycles. The van der Waals surface area contributed by atoms with E-state index < -0.39 is 23.8 Å². The van der Waals surface area contributed by atoms with Gasteiger partial charge in [-0.25, -0.2) is 4.79 Å². The lowest BCUT2D eigenvalue weighted by atomic mass is 10.1. The van der Waals surface area contributed by atoms with Gasteiger partial charge in [0.2, 0.25) is 0 Å². The highest BCUT2D eigenvalue weighted by Gasteiger charge is 2.60. The quantitative estimate of drug-likeness (QED) is 0.310. The normalized spacial score (nSPS) is 12.5. The van der Waals surface area contributed by atoms with Gasteiger partial charge in [-0.2, -0.15) is 27.2 Å². The molecular weight excluding hydrogens is 450 g/mol. The topological polar surface area (TPSA) is 62.1 Å². The van der Waals surface area contributed by atoms with Crippen LogP contribution < -0.4 is 5.32 Å². The van der Waals surface area contributed by atoms with Crippen molar-refractivity contribution in [1.82, 2.24) is 0 Å². The maximum Gasteiger partial charge on any atom is 0.459 e. The van der Waals surface area contributed by atoms with E-state index >= 15 is 0 Å². The minimum absolute atomic E-state index is 0.0608. The van der Waals surface area contributed by atoms with Gasteiger partial charge in [0.05, 0.1) is 23.9 Å². The van der Waals surface area contributed by atoms with Gasteiger partial charge in [-0.15, -0.1) is 0 Å². The fourth-order valence-corrected chi connectivity index (χ4v) is 2.14. The number of allylic oxidation sites excluding steroid dienone is 1. The summed E-state index contributed by atoms with van der Waals surface area (Å²) < 4.78 is 69.7. The van der Waals surface area contributed by atoms with E-state index in [0.29, 0.717) is 0 Å². The summed E-state index contributed by atoms with van der Waals surface area (Å²) in [6, 6.07) is 5.48. The highest BCUT2D eigenvalue weighted by molar-refractivity contribution is 14.1. The molecule has 0 aromatic heterocycles. The molecule has 0 aliphatic carbocycles. The Bertz CT molecular complexity index is 695. The zero-order valence-electron chi connectivity index (χ0n) is 12.0. The number of anilines is 1. The van der Waals surface area contributed by atoms with Gasteiger partial charge in [0.15, 0.2) is 0 Å². The Morgan fingerprint density at radius 2 is 2.00 bits per heavy atom. The summed E-state index contributed by atoms with van der Waals surface area (Å²) in [5.41, 5.74) is -1.59. The van der Waals surface area contributed by atoms with Crippen molar-refractivity contribution in [2.45, 2.75) is 19.0 Å². The van der Waals surface area contributed by atoms with Crippen molar-refractivity contribution in [2.24, 2.45) is 0 Å². The highest BCUT2D eigenvalue weighted by Crippen LogP contribution is 2.41. The standard InChI is InChI=1S/C14H10F5IN2O2/c1-2-24-12(23)6-11(13(15,16)14(17,18)19)22-10-4-3-8(7-21)5-9(10)20/h3-6,22H,2H2,1H3/b11-6+. The average molecular weight is 460 g/mol. The number of halogens is 6. The molecule has 0 spiro atoms. The number of nitrogens with one attached hydrogen (secondary N) is 1. The predicted molar refractivity (Wildman–Crippen MR) is 83.2 cm³/mol. The van der Waals surface area contributed by atoms with Crippen molar-refractivity contribution in [3.63, 3.8) is 0 Å². The van der Waals surface area contributed by atoms with Crippen LogP contribution >= 0.6 is 22.6 Å². The number of hydrogen-bond acceptors (Lipinski definition) is 4. The summed E-state index contributed by atoms with van der Waals surface area (Å²) in [7, 11) is 0. The van der Waals surface area contributed by atoms with Gasteiger partial charge in [0.25, 0.3) is 0 Å². The lowest BCUT2D eigenvalue weighted by Crippen LogP contribution is -2.41. The SMILES string of the molecule is CCOC(=O)/C=C(/Nc1ccc(C#N)cc1I)C(F)(F)C(F)(F)F. The lowest BCUT2D eigenvalue weighted by Gasteiger charge is -2.24. The fraction of sp³-hybridized carbons (Fsp3) is 0.286. The first kappa shape index (κ1) is 20.1. The van der Waals surface area contributed by atoms with Crippen LogP contribution in [0.1, 0.15) is 12.5 Å². The van der Waals surface area contributed by atoms with Crippen molar-refractivity contribution in [3.8, 4) is 6.07 Å². The maximum absolute atomic E-state index is 13.6. The number of nitriles is 1. The Labute approximate surface area is 147 Å². The molecule has 24 heavy (non-hydrogen) atoms. The molecule has 130 valence electrons. The van der Waals surface area contributed by atoms with Crippen LogP contribution in [0.4, 0.5) is 27.6 Å². The van der Waals surface area contributed by atoms with Crippen LogP contribution in [0.3, 0.4) is 0 Å². The number of nitrogens with zero attached hydrogens (tertiary/aromatic N) is 1. The molecule has 0 aliphatic rings. The third-order valence-corrected chi connectivity index (χ3v) is 3.50. The zero-order chi connectivity index (χ0) is 18.5. The first-order valence-electron chi connectivity index (χ1n) is 6.33. The van der Waals surface area contributed by atoms with Crippen LogP contribution in [0, 0.1) is 14.9 Å². The second kappa shape index (κ2) is 7.78. The minimum Gasteiger partial charge on any atom is -0.463 e. The Morgan fingerprint density at radius 1 is 1.38 bits per heavy atom. The molecule has 1 rings (SSSR count). The summed E-state index contributed by atoms with van der Waals surface area (Å²) in [6.45, 7) is 1.19. The molecule has 0 heterocycles. The van der Waals surface area contributed by atoms with Gasteiger partial charge in [-0.3, -0.25) is 0 Å². The molecule has 0 saturated carbocycles. The van der Waals surface area contributed by atoms with Crippen molar-refractivity contribution >= 4 is 34.2 Å². The van der Waals surface area contributed by atoms with E-state index in [9.17, 15) is 26.7 Å². The van der Waals surface area contributed by atoms with Crippen LogP contribution in [0.25, 0.3) is 0 Å². The van der Waals surface area contributed by atoms with E-state index in [0.717, 1.165) is 6.07 Å². The number of ether oxygens (including phenoxy) is 1. The Morgan fingerprint density at radius 3 is 2.46 bits per heavy atom. The van der Waals surface area contributed by atoms with E-state index in [1.165, 1.54) is 19.1 Å². The predicted octanol–water partition coefficient (Wildman–Crippen LogP) is 4.22. The molecule has 4 nitrogen and oxygen atoms in total. The van der Waals surface area contributed by atoms with Crippen molar-refractivity contribution in [3.05, 3.63) is 39.1 Å². The maximum atomic E-state index is 13.6. The van der Waals surface area contributed by atoms with Gasteiger partial charge >= 0.3 is 18.1 Å². The highest BCUT2D eigenvalue weighted by atomic mass is 127. The number of benzene rings is 1. The molecule has 0 unspecified atom stereocenters. The number of alkyl halides is 5. The van der Waals surface area contributed by atoms with E-state index in [1.807, 2.05) is 5.32 Å². The minimum atomic E-state index is -5.91. The number of carbonyl (C=O) groups is 1. The second-order valence-electron chi connectivity index (χ2n) is 4.31. The number of rotatable bonds is 5. The van der Waals surface area contributed by atoms with Gasteiger partial charge in [-0.05, 0) is 47.7 Å². The van der Waals surface area contributed by atoms with Crippen LogP contribution in [0.15, 0.2) is 30.0 Å². The summed E-state index contributed by atoms with van der Waals surface area (Å²) in [6.07, 6.45) is -5.85. The van der Waals surface area contributed by atoms with E-state index in [1.54, 1.807) is 28.7 Å². The van der Waals surface area contributed by atoms with Gasteiger partial charge < -0.3 is 10.1 Å². The number of carbonyl (C=O) groups excluding carboxylic acids is 1. The molecule has 0 bridgehead atoms. The molecule has 0 aliphatic heterocycles. The zero-order valence-corrected chi connectivity index (χ0v) is 14.2. The lowest BCUT2D eigenvalue weighted by molar-refractivity contribution is -0.263. The third kappa shape index (κ3) is 4.80. The molecule has 1 aromatic carbocycles.